The summed E-state index contributed by atoms with van der Waals surface area (Å²) in [4.78, 5) is 0. The first-order chi connectivity index (χ1) is 10.3. The van der Waals surface area contributed by atoms with Gasteiger partial charge in [-0.2, -0.15) is 0 Å². The van der Waals surface area contributed by atoms with E-state index in [1.807, 2.05) is 6.07 Å². The molecule has 3 nitrogen and oxygen atoms in total. The summed E-state index contributed by atoms with van der Waals surface area (Å²) in [6.07, 6.45) is 0.715. The van der Waals surface area contributed by atoms with E-state index >= 15 is 0 Å². The zero-order valence-corrected chi connectivity index (χ0v) is 12.1. The highest BCUT2D eigenvalue weighted by atomic mass is 16.5. The van der Waals surface area contributed by atoms with Gasteiger partial charge in [0.05, 0.1) is 6.61 Å². The SMILES string of the molecule is OC1(CNCc2ccc(-c3ccccc3)cc2)CCOC1. The molecule has 0 saturated carbocycles. The van der Waals surface area contributed by atoms with Crippen LogP contribution in [0.25, 0.3) is 11.1 Å². The van der Waals surface area contributed by atoms with Gasteiger partial charge in [0.25, 0.3) is 0 Å². The molecule has 110 valence electrons. The van der Waals surface area contributed by atoms with Gasteiger partial charge in [-0.25, -0.2) is 0 Å². The molecule has 1 aliphatic heterocycles. The predicted molar refractivity (Wildman–Crippen MR) is 84.0 cm³/mol. The van der Waals surface area contributed by atoms with Crippen LogP contribution in [0.2, 0.25) is 0 Å². The molecule has 0 amide bonds. The second kappa shape index (κ2) is 6.39. The largest absolute Gasteiger partial charge is 0.386 e. The molecule has 1 unspecified atom stereocenters. The Morgan fingerprint density at radius 2 is 1.71 bits per heavy atom. The molecule has 0 radical (unpaired) electrons. The van der Waals surface area contributed by atoms with Crippen LogP contribution in [0.1, 0.15) is 12.0 Å². The summed E-state index contributed by atoms with van der Waals surface area (Å²) in [5.41, 5.74) is 2.98. The van der Waals surface area contributed by atoms with Crippen molar-refractivity contribution in [2.75, 3.05) is 19.8 Å². The average molecular weight is 283 g/mol. The summed E-state index contributed by atoms with van der Waals surface area (Å²) in [6, 6.07) is 18.9. The Kier molecular flexibility index (Phi) is 4.34. The van der Waals surface area contributed by atoms with Crippen molar-refractivity contribution in [3.63, 3.8) is 0 Å². The fourth-order valence-corrected chi connectivity index (χ4v) is 2.62. The van der Waals surface area contributed by atoms with Crippen molar-refractivity contribution in [2.24, 2.45) is 0 Å². The van der Waals surface area contributed by atoms with E-state index in [9.17, 15) is 5.11 Å². The average Bonchev–Trinajstić information content (AvgIpc) is 2.96. The molecular weight excluding hydrogens is 262 g/mol. The molecule has 0 spiro atoms. The minimum atomic E-state index is -0.690. The van der Waals surface area contributed by atoms with Gasteiger partial charge in [-0.05, 0) is 16.7 Å². The Bertz CT molecular complexity index is 560. The zero-order chi connectivity index (χ0) is 14.5. The first-order valence-corrected chi connectivity index (χ1v) is 7.40. The van der Waals surface area contributed by atoms with Crippen molar-refractivity contribution in [2.45, 2.75) is 18.6 Å². The van der Waals surface area contributed by atoms with Gasteiger partial charge in [0.15, 0.2) is 0 Å². The maximum absolute atomic E-state index is 10.2. The third-order valence-electron chi connectivity index (χ3n) is 3.93. The lowest BCUT2D eigenvalue weighted by atomic mass is 10.0. The van der Waals surface area contributed by atoms with Crippen LogP contribution < -0.4 is 5.32 Å². The highest BCUT2D eigenvalue weighted by molar-refractivity contribution is 5.63. The summed E-state index contributed by atoms with van der Waals surface area (Å²) in [5.74, 6) is 0. The number of ether oxygens (including phenoxy) is 1. The van der Waals surface area contributed by atoms with Crippen molar-refractivity contribution < 1.29 is 9.84 Å². The number of aliphatic hydroxyl groups is 1. The first-order valence-electron chi connectivity index (χ1n) is 7.40. The van der Waals surface area contributed by atoms with E-state index in [0.717, 1.165) is 6.54 Å². The third-order valence-corrected chi connectivity index (χ3v) is 3.93. The van der Waals surface area contributed by atoms with Crippen LogP contribution in [0.3, 0.4) is 0 Å². The van der Waals surface area contributed by atoms with E-state index in [0.29, 0.717) is 26.2 Å². The molecule has 0 aliphatic carbocycles. The van der Waals surface area contributed by atoms with E-state index in [1.165, 1.54) is 16.7 Å². The molecule has 1 fully saturated rings. The molecular formula is C18H21NO2. The Hall–Kier alpha value is -1.68. The van der Waals surface area contributed by atoms with Gasteiger partial charge in [-0.3, -0.25) is 0 Å². The maximum Gasteiger partial charge on any atom is 0.102 e. The topological polar surface area (TPSA) is 41.5 Å². The normalized spacial score (nSPS) is 21.6. The fourth-order valence-electron chi connectivity index (χ4n) is 2.62. The Balaban J connectivity index is 1.55. The Morgan fingerprint density at radius 3 is 2.38 bits per heavy atom. The standard InChI is InChI=1S/C18H21NO2/c20-18(10-11-21-14-18)13-19-12-15-6-8-17(9-7-15)16-4-2-1-3-5-16/h1-9,19-20H,10-14H2. The number of benzene rings is 2. The number of hydrogen-bond donors (Lipinski definition) is 2. The third kappa shape index (κ3) is 3.70. The van der Waals surface area contributed by atoms with Gasteiger partial charge in [-0.15, -0.1) is 0 Å². The van der Waals surface area contributed by atoms with Gasteiger partial charge >= 0.3 is 0 Å². The van der Waals surface area contributed by atoms with Crippen LogP contribution >= 0.6 is 0 Å². The summed E-state index contributed by atoms with van der Waals surface area (Å²) in [5, 5.41) is 13.5. The highest BCUT2D eigenvalue weighted by Gasteiger charge is 2.31. The van der Waals surface area contributed by atoms with Gasteiger partial charge in [0.2, 0.25) is 0 Å². The van der Waals surface area contributed by atoms with Crippen molar-refractivity contribution in [3.8, 4) is 11.1 Å². The number of nitrogens with one attached hydrogen (secondary N) is 1. The fraction of sp³-hybridized carbons (Fsp3) is 0.333. The van der Waals surface area contributed by atoms with E-state index in [-0.39, 0.29) is 0 Å². The molecule has 2 aromatic carbocycles. The van der Waals surface area contributed by atoms with Crippen LogP contribution in [0.4, 0.5) is 0 Å². The van der Waals surface area contributed by atoms with Gasteiger partial charge in [0, 0.05) is 26.1 Å². The van der Waals surface area contributed by atoms with E-state index < -0.39 is 5.60 Å². The Labute approximate surface area is 125 Å². The number of rotatable bonds is 5. The minimum absolute atomic E-state index is 0.437. The monoisotopic (exact) mass is 283 g/mol. The molecule has 1 saturated heterocycles. The van der Waals surface area contributed by atoms with Crippen LogP contribution in [0.5, 0.6) is 0 Å². The van der Waals surface area contributed by atoms with Gasteiger partial charge in [0.1, 0.15) is 5.60 Å². The highest BCUT2D eigenvalue weighted by Crippen LogP contribution is 2.20. The molecule has 1 aliphatic rings. The lowest BCUT2D eigenvalue weighted by Crippen LogP contribution is -2.40. The van der Waals surface area contributed by atoms with Crippen LogP contribution in [-0.2, 0) is 11.3 Å². The molecule has 0 aromatic heterocycles. The van der Waals surface area contributed by atoms with Crippen molar-refractivity contribution >= 4 is 0 Å². The molecule has 2 N–H and O–H groups in total. The molecule has 2 aromatic rings. The van der Waals surface area contributed by atoms with E-state index in [4.69, 9.17) is 4.74 Å². The van der Waals surface area contributed by atoms with Crippen LogP contribution in [-0.4, -0.2) is 30.5 Å². The lowest BCUT2D eigenvalue weighted by Gasteiger charge is -2.20. The van der Waals surface area contributed by atoms with Crippen LogP contribution in [0.15, 0.2) is 54.6 Å². The first kappa shape index (κ1) is 14.3. The quantitative estimate of drug-likeness (QED) is 0.886. The molecule has 3 heteroatoms. The second-order valence-electron chi connectivity index (χ2n) is 5.69. The van der Waals surface area contributed by atoms with E-state index in [1.54, 1.807) is 0 Å². The molecule has 1 heterocycles. The molecule has 3 rings (SSSR count). The van der Waals surface area contributed by atoms with Crippen LogP contribution in [0, 0.1) is 0 Å². The Morgan fingerprint density at radius 1 is 1.00 bits per heavy atom. The molecule has 0 bridgehead atoms. The summed E-state index contributed by atoms with van der Waals surface area (Å²) in [6.45, 7) is 2.43. The predicted octanol–water partition coefficient (Wildman–Crippen LogP) is 2.59. The summed E-state index contributed by atoms with van der Waals surface area (Å²) < 4.78 is 5.24. The zero-order valence-electron chi connectivity index (χ0n) is 12.1. The molecule has 1 atom stereocenters. The van der Waals surface area contributed by atoms with Gasteiger partial charge < -0.3 is 15.2 Å². The summed E-state index contributed by atoms with van der Waals surface area (Å²) in [7, 11) is 0. The smallest absolute Gasteiger partial charge is 0.102 e. The van der Waals surface area contributed by atoms with Crippen molar-refractivity contribution in [3.05, 3.63) is 60.2 Å². The molecule has 21 heavy (non-hydrogen) atoms. The van der Waals surface area contributed by atoms with Gasteiger partial charge in [-0.1, -0.05) is 54.6 Å². The second-order valence-corrected chi connectivity index (χ2v) is 5.69. The summed E-state index contributed by atoms with van der Waals surface area (Å²) >= 11 is 0. The number of hydrogen-bond acceptors (Lipinski definition) is 3. The van der Waals surface area contributed by atoms with Crippen molar-refractivity contribution in [1.82, 2.24) is 5.32 Å². The van der Waals surface area contributed by atoms with E-state index in [2.05, 4.69) is 53.8 Å². The minimum Gasteiger partial charge on any atom is -0.386 e. The van der Waals surface area contributed by atoms with Crippen molar-refractivity contribution in [1.29, 1.82) is 0 Å². The maximum atomic E-state index is 10.2. The lowest BCUT2D eigenvalue weighted by molar-refractivity contribution is 0.0268.